The quantitative estimate of drug-likeness (QED) is 0.286. The predicted octanol–water partition coefficient (Wildman–Crippen LogP) is 3.91. The van der Waals surface area contributed by atoms with Crippen molar-refractivity contribution in [3.05, 3.63) is 35.4 Å². The number of carbonyl (C=O) groups is 1. The molecule has 1 aliphatic rings. The Hall–Kier alpha value is -1.31. The van der Waals surface area contributed by atoms with Gasteiger partial charge in [0.15, 0.2) is 5.96 Å². The Balaban J connectivity index is 0.00000338. The molecule has 26 heavy (non-hydrogen) atoms. The van der Waals surface area contributed by atoms with Crippen LogP contribution in [0.25, 0.3) is 0 Å². The number of rotatable bonds is 6. The van der Waals surface area contributed by atoms with Crippen LogP contribution in [0.3, 0.4) is 0 Å². The molecule has 5 nitrogen and oxygen atoms in total. The van der Waals surface area contributed by atoms with Gasteiger partial charge in [0.05, 0.1) is 6.54 Å². The molecule has 0 aromatic heterocycles. The van der Waals surface area contributed by atoms with E-state index in [0.29, 0.717) is 18.5 Å². The molecule has 0 aliphatic heterocycles. The first-order valence-corrected chi connectivity index (χ1v) is 9.58. The van der Waals surface area contributed by atoms with Crippen LogP contribution >= 0.6 is 24.0 Å². The van der Waals surface area contributed by atoms with Gasteiger partial charge in [-0.3, -0.25) is 4.79 Å². The molecule has 1 aromatic rings. The van der Waals surface area contributed by atoms with Gasteiger partial charge in [0.1, 0.15) is 0 Å². The Kier molecular flexibility index (Phi) is 10.6. The largest absolute Gasteiger partial charge is 0.370 e. The maximum Gasteiger partial charge on any atom is 0.253 e. The molecule has 0 radical (unpaired) electrons. The first-order valence-electron chi connectivity index (χ1n) is 9.58. The summed E-state index contributed by atoms with van der Waals surface area (Å²) >= 11 is 0. The highest BCUT2D eigenvalue weighted by atomic mass is 127. The van der Waals surface area contributed by atoms with Gasteiger partial charge in [-0.05, 0) is 44.4 Å². The molecular weight excluding hydrogens is 439 g/mol. The lowest BCUT2D eigenvalue weighted by Crippen LogP contribution is -2.39. The van der Waals surface area contributed by atoms with E-state index in [1.807, 2.05) is 43.0 Å². The second kappa shape index (κ2) is 12.1. The van der Waals surface area contributed by atoms with E-state index in [1.54, 1.807) is 0 Å². The summed E-state index contributed by atoms with van der Waals surface area (Å²) in [7, 11) is 0. The molecule has 3 N–H and O–H groups in total. The van der Waals surface area contributed by atoms with Gasteiger partial charge in [-0.25, -0.2) is 4.99 Å². The summed E-state index contributed by atoms with van der Waals surface area (Å²) in [4.78, 5) is 18.6. The fourth-order valence-corrected chi connectivity index (χ4v) is 3.30. The highest BCUT2D eigenvalue weighted by molar-refractivity contribution is 14.0. The SMILES string of the molecule is CCN(CC)C(=O)c1ccc(CN=C(N)NC2CCCCCC2)cc1.I. The zero-order valence-electron chi connectivity index (χ0n) is 16.0. The van der Waals surface area contributed by atoms with Crippen molar-refractivity contribution in [2.45, 2.75) is 65.0 Å². The topological polar surface area (TPSA) is 70.7 Å². The van der Waals surface area contributed by atoms with Crippen LogP contribution in [-0.4, -0.2) is 35.9 Å². The molecular formula is C20H33IN4O. The van der Waals surface area contributed by atoms with E-state index in [0.717, 1.165) is 24.2 Å². The summed E-state index contributed by atoms with van der Waals surface area (Å²) in [6, 6.07) is 8.12. The van der Waals surface area contributed by atoms with Crippen LogP contribution in [0.15, 0.2) is 29.3 Å². The summed E-state index contributed by atoms with van der Waals surface area (Å²) in [6.07, 6.45) is 7.55. The van der Waals surface area contributed by atoms with Crippen molar-refractivity contribution in [3.63, 3.8) is 0 Å². The third kappa shape index (κ3) is 7.13. The number of guanidine groups is 1. The van der Waals surface area contributed by atoms with Crippen molar-refractivity contribution in [1.29, 1.82) is 0 Å². The number of amides is 1. The molecule has 1 amide bonds. The number of nitrogens with zero attached hydrogens (tertiary/aromatic N) is 2. The Morgan fingerprint density at radius 2 is 1.69 bits per heavy atom. The van der Waals surface area contributed by atoms with E-state index in [1.165, 1.54) is 38.5 Å². The van der Waals surface area contributed by atoms with Crippen molar-refractivity contribution in [3.8, 4) is 0 Å². The van der Waals surface area contributed by atoms with Crippen molar-refractivity contribution in [2.75, 3.05) is 13.1 Å². The summed E-state index contributed by atoms with van der Waals surface area (Å²) in [5.74, 6) is 0.602. The number of aliphatic imine (C=N–C) groups is 1. The van der Waals surface area contributed by atoms with Gasteiger partial charge in [-0.1, -0.05) is 37.8 Å². The molecule has 1 saturated carbocycles. The number of hydrogen-bond acceptors (Lipinski definition) is 2. The van der Waals surface area contributed by atoms with Gasteiger partial charge >= 0.3 is 0 Å². The Bertz CT molecular complexity index is 562. The highest BCUT2D eigenvalue weighted by Gasteiger charge is 2.13. The first-order chi connectivity index (χ1) is 12.1. The van der Waals surface area contributed by atoms with Gasteiger partial charge in [-0.2, -0.15) is 0 Å². The van der Waals surface area contributed by atoms with Crippen molar-refractivity contribution < 1.29 is 4.79 Å². The minimum absolute atomic E-state index is 0. The summed E-state index contributed by atoms with van der Waals surface area (Å²) < 4.78 is 0. The number of nitrogens with two attached hydrogens (primary N) is 1. The lowest BCUT2D eigenvalue weighted by Gasteiger charge is -2.18. The van der Waals surface area contributed by atoms with Crippen molar-refractivity contribution in [1.82, 2.24) is 10.2 Å². The van der Waals surface area contributed by atoms with E-state index in [-0.39, 0.29) is 29.9 Å². The van der Waals surface area contributed by atoms with Crippen molar-refractivity contribution >= 4 is 35.8 Å². The van der Waals surface area contributed by atoms with E-state index in [2.05, 4.69) is 10.3 Å². The lowest BCUT2D eigenvalue weighted by molar-refractivity contribution is 0.0773. The number of hydrogen-bond donors (Lipinski definition) is 2. The number of nitrogens with one attached hydrogen (secondary N) is 1. The third-order valence-corrected chi connectivity index (χ3v) is 4.89. The second-order valence-electron chi connectivity index (χ2n) is 6.71. The van der Waals surface area contributed by atoms with Crippen LogP contribution in [0.1, 0.15) is 68.3 Å². The monoisotopic (exact) mass is 472 g/mol. The van der Waals surface area contributed by atoms with Crippen LogP contribution in [0.2, 0.25) is 0 Å². The number of carbonyl (C=O) groups excluding carboxylic acids is 1. The van der Waals surface area contributed by atoms with Crippen LogP contribution in [0.5, 0.6) is 0 Å². The maximum absolute atomic E-state index is 12.3. The zero-order valence-corrected chi connectivity index (χ0v) is 18.4. The van der Waals surface area contributed by atoms with Crippen LogP contribution in [0.4, 0.5) is 0 Å². The van der Waals surface area contributed by atoms with Crippen LogP contribution < -0.4 is 11.1 Å². The normalized spacial score (nSPS) is 15.7. The van der Waals surface area contributed by atoms with E-state index < -0.39 is 0 Å². The van der Waals surface area contributed by atoms with E-state index in [4.69, 9.17) is 5.73 Å². The molecule has 0 atom stereocenters. The van der Waals surface area contributed by atoms with Gasteiger partial charge in [-0.15, -0.1) is 24.0 Å². The molecule has 2 rings (SSSR count). The Labute approximate surface area is 174 Å². The average molecular weight is 472 g/mol. The zero-order chi connectivity index (χ0) is 18.1. The molecule has 0 spiro atoms. The standard InChI is InChI=1S/C20H32N4O.HI/c1-3-24(4-2)19(25)17-13-11-16(12-14-17)15-22-20(21)23-18-9-7-5-6-8-10-18;/h11-14,18H,3-10,15H2,1-2H3,(H3,21,22,23);1H. The third-order valence-electron chi connectivity index (χ3n) is 4.89. The predicted molar refractivity (Wildman–Crippen MR) is 119 cm³/mol. The van der Waals surface area contributed by atoms with Crippen LogP contribution in [-0.2, 0) is 6.54 Å². The molecule has 0 unspecified atom stereocenters. The van der Waals surface area contributed by atoms with Crippen LogP contribution in [0, 0.1) is 0 Å². The van der Waals surface area contributed by atoms with Gasteiger partial charge in [0.25, 0.3) is 5.91 Å². The molecule has 6 heteroatoms. The molecule has 0 heterocycles. The number of halogens is 1. The number of benzene rings is 1. The van der Waals surface area contributed by atoms with E-state index >= 15 is 0 Å². The highest BCUT2D eigenvalue weighted by Crippen LogP contribution is 2.17. The van der Waals surface area contributed by atoms with E-state index in [9.17, 15) is 4.79 Å². The fraction of sp³-hybridized carbons (Fsp3) is 0.600. The van der Waals surface area contributed by atoms with Gasteiger partial charge in [0.2, 0.25) is 0 Å². The fourth-order valence-electron chi connectivity index (χ4n) is 3.30. The molecule has 0 saturated heterocycles. The van der Waals surface area contributed by atoms with Gasteiger partial charge in [0, 0.05) is 24.7 Å². The van der Waals surface area contributed by atoms with Gasteiger partial charge < -0.3 is 16.0 Å². The Morgan fingerprint density at radius 1 is 1.12 bits per heavy atom. The molecule has 1 aromatic carbocycles. The average Bonchev–Trinajstić information content (AvgIpc) is 2.90. The minimum atomic E-state index is 0. The molecule has 146 valence electrons. The van der Waals surface area contributed by atoms with Crippen molar-refractivity contribution in [2.24, 2.45) is 10.7 Å². The summed E-state index contributed by atoms with van der Waals surface area (Å²) in [5, 5.41) is 3.36. The maximum atomic E-state index is 12.3. The minimum Gasteiger partial charge on any atom is -0.370 e. The molecule has 1 fully saturated rings. The summed E-state index contributed by atoms with van der Waals surface area (Å²) in [6.45, 7) is 5.98. The lowest BCUT2D eigenvalue weighted by atomic mass is 10.1. The molecule has 1 aliphatic carbocycles. The second-order valence-corrected chi connectivity index (χ2v) is 6.71. The summed E-state index contributed by atoms with van der Waals surface area (Å²) in [5.41, 5.74) is 7.82. The Morgan fingerprint density at radius 3 is 2.23 bits per heavy atom. The molecule has 0 bridgehead atoms. The smallest absolute Gasteiger partial charge is 0.253 e. The first kappa shape index (κ1) is 22.7.